The van der Waals surface area contributed by atoms with Gasteiger partial charge in [-0.3, -0.25) is 4.79 Å². The first-order valence-electron chi connectivity index (χ1n) is 7.45. The first-order valence-corrected chi connectivity index (χ1v) is 9.40. The highest BCUT2D eigenvalue weighted by atomic mass is 79.9. The summed E-state index contributed by atoms with van der Waals surface area (Å²) in [6.45, 7) is 1.91. The highest BCUT2D eigenvalue weighted by Crippen LogP contribution is 2.24. The third-order valence-electron chi connectivity index (χ3n) is 3.49. The fraction of sp³-hybridized carbons (Fsp3) is 0.278. The lowest BCUT2D eigenvalue weighted by Crippen LogP contribution is -2.28. The molecule has 0 aliphatic carbocycles. The minimum absolute atomic E-state index is 0.0871. The quantitative estimate of drug-likeness (QED) is 0.716. The Morgan fingerprint density at radius 1 is 1.33 bits per heavy atom. The zero-order valence-electron chi connectivity index (χ0n) is 13.5. The van der Waals surface area contributed by atoms with E-state index in [2.05, 4.69) is 21.2 Å². The lowest BCUT2D eigenvalue weighted by atomic mass is 10.1. The molecule has 1 N–H and O–H groups in total. The highest BCUT2D eigenvalue weighted by Gasteiger charge is 2.13. The Labute approximate surface area is 154 Å². The molecule has 128 valence electrons. The van der Waals surface area contributed by atoms with Gasteiger partial charge in [-0.25, -0.2) is 4.39 Å². The van der Waals surface area contributed by atoms with E-state index in [1.807, 2.05) is 31.2 Å². The molecule has 0 saturated heterocycles. The average Bonchev–Trinajstić information content (AvgIpc) is 2.56. The van der Waals surface area contributed by atoms with Crippen molar-refractivity contribution >= 4 is 33.6 Å². The number of hydrogen-bond acceptors (Lipinski definition) is 3. The largest absolute Gasteiger partial charge is 0.496 e. The first-order chi connectivity index (χ1) is 11.5. The summed E-state index contributed by atoms with van der Waals surface area (Å²) in [7, 11) is 1.61. The van der Waals surface area contributed by atoms with E-state index >= 15 is 0 Å². The van der Waals surface area contributed by atoms with Crippen molar-refractivity contribution in [2.45, 2.75) is 18.7 Å². The zero-order valence-corrected chi connectivity index (χ0v) is 15.9. The van der Waals surface area contributed by atoms with Crippen molar-refractivity contribution in [3.63, 3.8) is 0 Å². The number of benzene rings is 2. The van der Waals surface area contributed by atoms with Gasteiger partial charge in [-0.15, -0.1) is 11.8 Å². The normalized spacial score (nSPS) is 11.8. The molecule has 6 heteroatoms. The van der Waals surface area contributed by atoms with Gasteiger partial charge in [0, 0.05) is 15.8 Å². The summed E-state index contributed by atoms with van der Waals surface area (Å²) in [4.78, 5) is 12.1. The van der Waals surface area contributed by atoms with Crippen LogP contribution in [0.3, 0.4) is 0 Å². The number of carbonyl (C=O) groups is 1. The molecule has 0 saturated carbocycles. The number of rotatable bonds is 7. The lowest BCUT2D eigenvalue weighted by molar-refractivity contribution is -0.119. The van der Waals surface area contributed by atoms with Gasteiger partial charge in [-0.1, -0.05) is 40.2 Å². The molecule has 0 bridgehead atoms. The second-order valence-corrected chi connectivity index (χ2v) is 7.16. The van der Waals surface area contributed by atoms with E-state index in [1.54, 1.807) is 19.2 Å². The van der Waals surface area contributed by atoms with Crippen molar-refractivity contribution in [1.29, 1.82) is 0 Å². The second-order valence-electron chi connectivity index (χ2n) is 5.26. The summed E-state index contributed by atoms with van der Waals surface area (Å²) >= 11 is 4.61. The van der Waals surface area contributed by atoms with Gasteiger partial charge in [-0.2, -0.15) is 0 Å². The van der Waals surface area contributed by atoms with Crippen molar-refractivity contribution < 1.29 is 13.9 Å². The van der Waals surface area contributed by atoms with Crippen LogP contribution in [0.5, 0.6) is 5.75 Å². The standard InChI is InChI=1S/C18H19BrFNO2S/c1-12(15-5-3-4-6-17(15)23-2)21-18(22)11-24-10-13-7-8-14(19)9-16(13)20/h3-9,12H,10-11H2,1-2H3,(H,21,22). The zero-order chi connectivity index (χ0) is 17.5. The molecule has 0 radical (unpaired) electrons. The predicted octanol–water partition coefficient (Wildman–Crippen LogP) is 4.71. The van der Waals surface area contributed by atoms with Crippen molar-refractivity contribution in [1.82, 2.24) is 5.32 Å². The van der Waals surface area contributed by atoms with Crippen molar-refractivity contribution in [2.75, 3.05) is 12.9 Å². The Morgan fingerprint density at radius 3 is 2.79 bits per heavy atom. The highest BCUT2D eigenvalue weighted by molar-refractivity contribution is 9.10. The number of ether oxygens (including phenoxy) is 1. The number of hydrogen-bond donors (Lipinski definition) is 1. The summed E-state index contributed by atoms with van der Waals surface area (Å²) in [6.07, 6.45) is 0. The van der Waals surface area contributed by atoms with Crippen LogP contribution in [0.2, 0.25) is 0 Å². The Kier molecular flexibility index (Phi) is 7.12. The molecule has 0 aromatic heterocycles. The Morgan fingerprint density at radius 2 is 2.08 bits per heavy atom. The molecule has 1 amide bonds. The molecule has 24 heavy (non-hydrogen) atoms. The van der Waals surface area contributed by atoms with Crippen LogP contribution in [0.15, 0.2) is 46.9 Å². The number of para-hydroxylation sites is 1. The van der Waals surface area contributed by atoms with Crippen LogP contribution in [0.1, 0.15) is 24.1 Å². The molecule has 0 spiro atoms. The summed E-state index contributed by atoms with van der Waals surface area (Å²) in [6, 6.07) is 12.4. The third-order valence-corrected chi connectivity index (χ3v) is 4.96. The van der Waals surface area contributed by atoms with Gasteiger partial charge < -0.3 is 10.1 Å². The maximum Gasteiger partial charge on any atom is 0.230 e. The van der Waals surface area contributed by atoms with Crippen LogP contribution in [0, 0.1) is 5.82 Å². The molecular formula is C18H19BrFNO2S. The van der Waals surface area contributed by atoms with Gasteiger partial charge >= 0.3 is 0 Å². The summed E-state index contributed by atoms with van der Waals surface area (Å²) in [5.74, 6) is 1.12. The van der Waals surface area contributed by atoms with Gasteiger partial charge in [0.1, 0.15) is 11.6 Å². The van der Waals surface area contributed by atoms with Gasteiger partial charge in [-0.05, 0) is 30.7 Å². The molecule has 2 aromatic carbocycles. The SMILES string of the molecule is COc1ccccc1C(C)NC(=O)CSCc1ccc(Br)cc1F. The van der Waals surface area contributed by atoms with Crippen LogP contribution >= 0.6 is 27.7 Å². The van der Waals surface area contributed by atoms with E-state index in [1.165, 1.54) is 17.8 Å². The minimum Gasteiger partial charge on any atom is -0.496 e. The minimum atomic E-state index is -0.264. The topological polar surface area (TPSA) is 38.3 Å². The molecule has 0 fully saturated rings. The molecule has 3 nitrogen and oxygen atoms in total. The van der Waals surface area contributed by atoms with Crippen molar-refractivity contribution in [3.8, 4) is 5.75 Å². The molecule has 2 aromatic rings. The van der Waals surface area contributed by atoms with Gasteiger partial charge in [0.05, 0.1) is 18.9 Å². The maximum absolute atomic E-state index is 13.7. The molecule has 0 aliphatic rings. The van der Waals surface area contributed by atoms with Crippen LogP contribution in [0.25, 0.3) is 0 Å². The Bertz CT molecular complexity index is 711. The van der Waals surface area contributed by atoms with Crippen LogP contribution in [-0.2, 0) is 10.5 Å². The summed E-state index contributed by atoms with van der Waals surface area (Å²) < 4.78 is 19.7. The smallest absolute Gasteiger partial charge is 0.230 e. The molecular weight excluding hydrogens is 393 g/mol. The molecule has 0 aliphatic heterocycles. The number of nitrogens with one attached hydrogen (secondary N) is 1. The van der Waals surface area contributed by atoms with Gasteiger partial charge in [0.15, 0.2) is 0 Å². The fourth-order valence-electron chi connectivity index (χ4n) is 2.28. The Hall–Kier alpha value is -1.53. The van der Waals surface area contributed by atoms with Crippen molar-refractivity contribution in [3.05, 3.63) is 63.9 Å². The molecule has 0 heterocycles. The van der Waals surface area contributed by atoms with E-state index < -0.39 is 0 Å². The average molecular weight is 412 g/mol. The molecule has 1 atom stereocenters. The monoisotopic (exact) mass is 411 g/mol. The molecule has 1 unspecified atom stereocenters. The Balaban J connectivity index is 1.84. The number of thioether (sulfide) groups is 1. The van der Waals surface area contributed by atoms with E-state index in [9.17, 15) is 9.18 Å². The number of amides is 1. The third kappa shape index (κ3) is 5.24. The summed E-state index contributed by atoms with van der Waals surface area (Å²) in [5, 5.41) is 2.94. The van der Waals surface area contributed by atoms with Gasteiger partial charge in [0.25, 0.3) is 0 Å². The van der Waals surface area contributed by atoms with Crippen LogP contribution in [0.4, 0.5) is 4.39 Å². The van der Waals surface area contributed by atoms with Crippen LogP contribution in [-0.4, -0.2) is 18.8 Å². The molecule has 2 rings (SSSR count). The van der Waals surface area contributed by atoms with E-state index in [-0.39, 0.29) is 23.5 Å². The second kappa shape index (κ2) is 9.08. The van der Waals surface area contributed by atoms with Crippen LogP contribution < -0.4 is 10.1 Å². The predicted molar refractivity (Wildman–Crippen MR) is 99.8 cm³/mol. The lowest BCUT2D eigenvalue weighted by Gasteiger charge is -2.17. The van der Waals surface area contributed by atoms with E-state index in [0.717, 1.165) is 11.3 Å². The van der Waals surface area contributed by atoms with Gasteiger partial charge in [0.2, 0.25) is 5.91 Å². The first kappa shape index (κ1) is 18.8. The fourth-order valence-corrected chi connectivity index (χ4v) is 3.44. The summed E-state index contributed by atoms with van der Waals surface area (Å²) in [5.41, 5.74) is 1.52. The number of carbonyl (C=O) groups excluding carboxylic acids is 1. The number of halogens is 2. The van der Waals surface area contributed by atoms with Crippen molar-refractivity contribution in [2.24, 2.45) is 0 Å². The van der Waals surface area contributed by atoms with E-state index in [0.29, 0.717) is 15.8 Å². The number of methoxy groups -OCH3 is 1. The van der Waals surface area contributed by atoms with E-state index in [4.69, 9.17) is 4.74 Å². The maximum atomic E-state index is 13.7.